The highest BCUT2D eigenvalue weighted by atomic mass is 35.5. The highest BCUT2D eigenvalue weighted by molar-refractivity contribution is 7.91. The molecule has 0 radical (unpaired) electrons. The van der Waals surface area contributed by atoms with Crippen molar-refractivity contribution in [2.45, 2.75) is 26.3 Å². The fourth-order valence-corrected chi connectivity index (χ4v) is 5.06. The van der Waals surface area contributed by atoms with E-state index in [9.17, 15) is 13.2 Å². The van der Waals surface area contributed by atoms with Gasteiger partial charge >= 0.3 is 0 Å². The third-order valence-electron chi connectivity index (χ3n) is 4.31. The molecule has 1 aromatic carbocycles. The van der Waals surface area contributed by atoms with Crippen LogP contribution in [0.5, 0.6) is 0 Å². The molecule has 1 aromatic heterocycles. The van der Waals surface area contributed by atoms with Gasteiger partial charge < -0.3 is 5.32 Å². The molecule has 1 amide bonds. The molecule has 2 aromatic rings. The molecule has 26 heavy (non-hydrogen) atoms. The average molecular weight is 394 g/mol. The van der Waals surface area contributed by atoms with Gasteiger partial charge in [0.05, 0.1) is 23.2 Å². The third kappa shape index (κ3) is 4.16. The van der Waals surface area contributed by atoms with E-state index in [1.807, 2.05) is 31.2 Å². The molecule has 1 atom stereocenters. The molecule has 1 aliphatic heterocycles. The Bertz CT molecular complexity index is 980. The van der Waals surface area contributed by atoms with E-state index in [2.05, 4.69) is 10.4 Å². The van der Waals surface area contributed by atoms with Crippen molar-refractivity contribution >= 4 is 39.1 Å². The van der Waals surface area contributed by atoms with Crippen molar-refractivity contribution in [3.05, 3.63) is 52.3 Å². The molecular formula is C18H20ClN3O3S. The second kappa shape index (κ2) is 7.25. The van der Waals surface area contributed by atoms with E-state index in [1.165, 1.54) is 6.08 Å². The monoisotopic (exact) mass is 393 g/mol. The predicted molar refractivity (Wildman–Crippen MR) is 103 cm³/mol. The summed E-state index contributed by atoms with van der Waals surface area (Å²) in [6.07, 6.45) is 3.50. The van der Waals surface area contributed by atoms with Gasteiger partial charge in [-0.1, -0.05) is 23.7 Å². The molecule has 0 unspecified atom stereocenters. The van der Waals surface area contributed by atoms with E-state index in [-0.39, 0.29) is 23.5 Å². The maximum absolute atomic E-state index is 12.1. The zero-order valence-electron chi connectivity index (χ0n) is 14.6. The maximum Gasteiger partial charge on any atom is 0.248 e. The predicted octanol–water partition coefficient (Wildman–Crippen LogP) is 3.16. The number of aryl methyl sites for hydroxylation is 2. The summed E-state index contributed by atoms with van der Waals surface area (Å²) in [6, 6.07) is 7.26. The van der Waals surface area contributed by atoms with Crippen LogP contribution in [0.4, 0.5) is 5.69 Å². The summed E-state index contributed by atoms with van der Waals surface area (Å²) < 4.78 is 24.9. The molecule has 0 spiro atoms. The number of nitrogens with zero attached hydrogens (tertiary/aromatic N) is 2. The minimum atomic E-state index is -3.03. The van der Waals surface area contributed by atoms with Crippen LogP contribution in [0, 0.1) is 13.8 Å². The van der Waals surface area contributed by atoms with Crippen LogP contribution >= 0.6 is 11.6 Å². The van der Waals surface area contributed by atoms with Crippen LogP contribution in [0.25, 0.3) is 6.08 Å². The molecule has 8 heteroatoms. The first-order valence-corrected chi connectivity index (χ1v) is 10.5. The van der Waals surface area contributed by atoms with Gasteiger partial charge in [0.25, 0.3) is 0 Å². The van der Waals surface area contributed by atoms with E-state index >= 15 is 0 Å². The first kappa shape index (κ1) is 18.7. The molecule has 0 aliphatic carbocycles. The number of carbonyl (C=O) groups excluding carboxylic acids is 1. The van der Waals surface area contributed by atoms with Crippen LogP contribution in [0.1, 0.15) is 29.3 Å². The van der Waals surface area contributed by atoms with E-state index in [0.717, 1.165) is 5.56 Å². The highest BCUT2D eigenvalue weighted by Crippen LogP contribution is 2.30. The quantitative estimate of drug-likeness (QED) is 0.809. The summed E-state index contributed by atoms with van der Waals surface area (Å²) in [5.74, 6) is -0.0794. The lowest BCUT2D eigenvalue weighted by Gasteiger charge is -2.09. The fourth-order valence-electron chi connectivity index (χ4n) is 3.00. The Morgan fingerprint density at radius 2 is 2.15 bits per heavy atom. The van der Waals surface area contributed by atoms with Crippen molar-refractivity contribution < 1.29 is 13.2 Å². The number of carbonyl (C=O) groups is 1. The first-order chi connectivity index (χ1) is 12.2. The Labute approximate surface area is 157 Å². The van der Waals surface area contributed by atoms with Crippen molar-refractivity contribution in [2.75, 3.05) is 16.8 Å². The van der Waals surface area contributed by atoms with Gasteiger partial charge in [0.1, 0.15) is 5.15 Å². The maximum atomic E-state index is 12.1. The van der Waals surface area contributed by atoms with Crippen molar-refractivity contribution in [3.63, 3.8) is 0 Å². The Balaban J connectivity index is 1.75. The first-order valence-electron chi connectivity index (χ1n) is 8.26. The van der Waals surface area contributed by atoms with Gasteiger partial charge in [-0.2, -0.15) is 5.10 Å². The van der Waals surface area contributed by atoms with Gasteiger partial charge in [0.15, 0.2) is 9.84 Å². The molecular weight excluding hydrogens is 374 g/mol. The Morgan fingerprint density at radius 3 is 2.81 bits per heavy atom. The number of nitrogens with one attached hydrogen (secondary N) is 1. The normalized spacial score (nSPS) is 19.1. The summed E-state index contributed by atoms with van der Waals surface area (Å²) in [4.78, 5) is 12.1. The van der Waals surface area contributed by atoms with Gasteiger partial charge in [-0.3, -0.25) is 4.79 Å². The molecule has 1 N–H and O–H groups in total. The van der Waals surface area contributed by atoms with Gasteiger partial charge in [-0.05, 0) is 44.0 Å². The smallest absolute Gasteiger partial charge is 0.248 e. The molecule has 138 valence electrons. The van der Waals surface area contributed by atoms with Crippen LogP contribution in [0.2, 0.25) is 5.15 Å². The fraction of sp³-hybridized carbons (Fsp3) is 0.333. The number of halogens is 1. The number of benzene rings is 1. The molecule has 6 nitrogen and oxygen atoms in total. The van der Waals surface area contributed by atoms with E-state index < -0.39 is 9.84 Å². The number of hydrogen-bond acceptors (Lipinski definition) is 4. The molecule has 1 fully saturated rings. The van der Waals surface area contributed by atoms with Gasteiger partial charge in [-0.25, -0.2) is 13.1 Å². The number of anilines is 1. The van der Waals surface area contributed by atoms with Crippen molar-refractivity contribution in [1.29, 1.82) is 0 Å². The summed E-state index contributed by atoms with van der Waals surface area (Å²) in [6.45, 7) is 3.73. The number of sulfone groups is 1. The summed E-state index contributed by atoms with van der Waals surface area (Å²) in [5, 5.41) is 7.51. The van der Waals surface area contributed by atoms with Gasteiger partial charge in [0.2, 0.25) is 5.91 Å². The largest absolute Gasteiger partial charge is 0.323 e. The lowest BCUT2D eigenvalue weighted by molar-refractivity contribution is -0.111. The second-order valence-electron chi connectivity index (χ2n) is 6.48. The summed E-state index contributed by atoms with van der Waals surface area (Å²) in [5.41, 5.74) is 3.04. The van der Waals surface area contributed by atoms with E-state index in [0.29, 0.717) is 28.5 Å². The lowest BCUT2D eigenvalue weighted by atomic mass is 10.2. The van der Waals surface area contributed by atoms with Crippen LogP contribution in [0.15, 0.2) is 30.3 Å². The van der Waals surface area contributed by atoms with Crippen molar-refractivity contribution in [1.82, 2.24) is 9.78 Å². The molecule has 0 bridgehead atoms. The lowest BCUT2D eigenvalue weighted by Crippen LogP contribution is -2.12. The minimum Gasteiger partial charge on any atom is -0.323 e. The van der Waals surface area contributed by atoms with Crippen LogP contribution in [0.3, 0.4) is 0 Å². The van der Waals surface area contributed by atoms with Crippen LogP contribution < -0.4 is 5.32 Å². The Kier molecular flexibility index (Phi) is 5.20. The summed E-state index contributed by atoms with van der Waals surface area (Å²) in [7, 11) is -3.03. The zero-order valence-corrected chi connectivity index (χ0v) is 16.1. The summed E-state index contributed by atoms with van der Waals surface area (Å²) >= 11 is 6.39. The van der Waals surface area contributed by atoms with Crippen molar-refractivity contribution in [2.24, 2.45) is 0 Å². The third-order valence-corrected chi connectivity index (χ3v) is 6.44. The van der Waals surface area contributed by atoms with E-state index in [1.54, 1.807) is 17.7 Å². The molecule has 1 saturated heterocycles. The van der Waals surface area contributed by atoms with Crippen LogP contribution in [-0.4, -0.2) is 35.6 Å². The number of hydrogen-bond donors (Lipinski definition) is 1. The molecule has 2 heterocycles. The number of rotatable bonds is 4. The molecule has 0 saturated carbocycles. The zero-order chi connectivity index (χ0) is 18.9. The Morgan fingerprint density at radius 1 is 1.38 bits per heavy atom. The van der Waals surface area contributed by atoms with E-state index in [4.69, 9.17) is 11.6 Å². The average Bonchev–Trinajstić information content (AvgIpc) is 3.05. The number of amides is 1. The second-order valence-corrected chi connectivity index (χ2v) is 9.07. The van der Waals surface area contributed by atoms with Gasteiger partial charge in [-0.15, -0.1) is 0 Å². The van der Waals surface area contributed by atoms with Gasteiger partial charge in [0, 0.05) is 17.3 Å². The SMILES string of the molecule is Cc1cccc(NC(=O)/C=C/c2c(C)nn([C@H]3CCS(=O)(=O)C3)c2Cl)c1. The Hall–Kier alpha value is -2.12. The standard InChI is InChI=1S/C18H20ClN3O3S/c1-12-4-3-5-14(10-12)20-17(23)7-6-16-13(2)21-22(18(16)19)15-8-9-26(24,25)11-15/h3-7,10,15H,8-9,11H2,1-2H3,(H,20,23)/b7-6+/t15-/m0/s1. The highest BCUT2D eigenvalue weighted by Gasteiger charge is 2.31. The topological polar surface area (TPSA) is 81.1 Å². The molecule has 1 aliphatic rings. The number of aromatic nitrogens is 2. The molecule has 3 rings (SSSR count). The van der Waals surface area contributed by atoms with Crippen LogP contribution in [-0.2, 0) is 14.6 Å². The minimum absolute atomic E-state index is 0.0465. The van der Waals surface area contributed by atoms with Crippen molar-refractivity contribution in [3.8, 4) is 0 Å².